The van der Waals surface area contributed by atoms with Gasteiger partial charge in [-0.25, -0.2) is 0 Å². The van der Waals surface area contributed by atoms with Crippen LogP contribution in [-0.4, -0.2) is 23.5 Å². The minimum atomic E-state index is -0.322. The smallest absolute Gasteiger partial charge is 0.162 e. The van der Waals surface area contributed by atoms with E-state index in [1.54, 1.807) is 0 Å². The number of hydrogen-bond donors (Lipinski definition) is 1. The lowest BCUT2D eigenvalue weighted by Crippen LogP contribution is -2.26. The first-order valence-corrected chi connectivity index (χ1v) is 7.59. The molecule has 0 spiro atoms. The Hall–Kier alpha value is -2.13. The molecule has 2 aromatic carbocycles. The molecule has 3 rings (SSSR count). The number of nitrogens with zero attached hydrogens (tertiary/aromatic N) is 1. The fourth-order valence-electron chi connectivity index (χ4n) is 3.38. The van der Waals surface area contributed by atoms with E-state index >= 15 is 0 Å². The lowest BCUT2D eigenvalue weighted by molar-refractivity contribution is 0.0307. The molecule has 1 N–H and O–H groups in total. The highest BCUT2D eigenvalue weighted by Gasteiger charge is 2.36. The van der Waals surface area contributed by atoms with Crippen LogP contribution in [0.1, 0.15) is 33.7 Å². The zero-order valence-electron chi connectivity index (χ0n) is 13.2. The van der Waals surface area contributed by atoms with Crippen molar-refractivity contribution in [2.45, 2.75) is 32.8 Å². The molecule has 0 unspecified atom stereocenters. The van der Waals surface area contributed by atoms with Crippen molar-refractivity contribution in [1.29, 1.82) is 0 Å². The quantitative estimate of drug-likeness (QED) is 0.941. The molecule has 0 amide bonds. The Morgan fingerprint density at radius 2 is 1.68 bits per heavy atom. The molecule has 2 atom stereocenters. The van der Waals surface area contributed by atoms with Crippen LogP contribution in [0, 0.1) is 20.8 Å². The monoisotopic (exact) mass is 295 g/mol. The molecule has 1 aliphatic heterocycles. The van der Waals surface area contributed by atoms with Gasteiger partial charge in [0.1, 0.15) is 0 Å². The van der Waals surface area contributed by atoms with Crippen molar-refractivity contribution >= 4 is 5.71 Å². The normalized spacial score (nSPS) is 20.6. The second-order valence-electron chi connectivity index (χ2n) is 5.97. The molecule has 0 radical (unpaired) electrons. The molecule has 2 aromatic rings. The van der Waals surface area contributed by atoms with Crippen LogP contribution >= 0.6 is 0 Å². The fourth-order valence-corrected chi connectivity index (χ4v) is 3.38. The molecule has 1 heterocycles. The van der Waals surface area contributed by atoms with E-state index < -0.39 is 0 Å². The van der Waals surface area contributed by atoms with Gasteiger partial charge in [0.05, 0.1) is 18.2 Å². The van der Waals surface area contributed by atoms with Gasteiger partial charge in [0, 0.05) is 5.56 Å². The summed E-state index contributed by atoms with van der Waals surface area (Å²) in [5.41, 5.74) is 6.81. The maximum Gasteiger partial charge on any atom is 0.162 e. The highest BCUT2D eigenvalue weighted by atomic mass is 16.6. The Labute approximate surface area is 131 Å². The summed E-state index contributed by atoms with van der Waals surface area (Å²) in [4.78, 5) is 5.51. The molecule has 0 fully saturated rings. The molecule has 1 aliphatic rings. The molecule has 0 saturated heterocycles. The van der Waals surface area contributed by atoms with Crippen LogP contribution < -0.4 is 0 Å². The predicted octanol–water partition coefficient (Wildman–Crippen LogP) is 3.49. The first-order valence-electron chi connectivity index (χ1n) is 7.59. The van der Waals surface area contributed by atoms with Crippen LogP contribution in [0.4, 0.5) is 0 Å². The average Bonchev–Trinajstić information content (AvgIpc) is 2.90. The van der Waals surface area contributed by atoms with Gasteiger partial charge >= 0.3 is 0 Å². The molecular weight excluding hydrogens is 274 g/mol. The highest BCUT2D eigenvalue weighted by molar-refractivity contribution is 6.08. The molecule has 0 bridgehead atoms. The van der Waals surface area contributed by atoms with Gasteiger partial charge in [-0.1, -0.05) is 53.2 Å². The van der Waals surface area contributed by atoms with E-state index in [0.29, 0.717) is 0 Å². The molecule has 0 aliphatic carbocycles. The number of benzene rings is 2. The van der Waals surface area contributed by atoms with Crippen molar-refractivity contribution in [3.8, 4) is 0 Å². The summed E-state index contributed by atoms with van der Waals surface area (Å²) in [6, 6.07) is 14.5. The summed E-state index contributed by atoms with van der Waals surface area (Å²) in [5, 5.41) is 14.0. The van der Waals surface area contributed by atoms with Gasteiger partial charge in [-0.15, -0.1) is 0 Å². The van der Waals surface area contributed by atoms with Gasteiger partial charge in [0.2, 0.25) is 0 Å². The largest absolute Gasteiger partial charge is 0.392 e. The third kappa shape index (κ3) is 2.53. The van der Waals surface area contributed by atoms with Crippen molar-refractivity contribution in [2.75, 3.05) is 6.61 Å². The molecule has 22 heavy (non-hydrogen) atoms. The molecule has 3 nitrogen and oxygen atoms in total. The predicted molar refractivity (Wildman–Crippen MR) is 88.3 cm³/mol. The van der Waals surface area contributed by atoms with E-state index in [4.69, 9.17) is 4.84 Å². The summed E-state index contributed by atoms with van der Waals surface area (Å²) >= 11 is 0. The average molecular weight is 295 g/mol. The van der Waals surface area contributed by atoms with E-state index in [1.807, 2.05) is 18.2 Å². The van der Waals surface area contributed by atoms with Crippen molar-refractivity contribution in [3.05, 3.63) is 70.3 Å². The minimum Gasteiger partial charge on any atom is -0.392 e. The van der Waals surface area contributed by atoms with Gasteiger partial charge in [0.25, 0.3) is 0 Å². The summed E-state index contributed by atoms with van der Waals surface area (Å²) in [6.45, 7) is 6.26. The maximum atomic E-state index is 9.65. The molecule has 0 saturated carbocycles. The Bertz CT molecular complexity index is 684. The molecule has 114 valence electrons. The van der Waals surface area contributed by atoms with Crippen molar-refractivity contribution in [1.82, 2.24) is 0 Å². The molecule has 0 aromatic heterocycles. The van der Waals surface area contributed by atoms with Gasteiger partial charge in [-0.05, 0) is 37.5 Å². The zero-order chi connectivity index (χ0) is 15.7. The number of aliphatic hydroxyl groups excluding tert-OH is 1. The van der Waals surface area contributed by atoms with Crippen molar-refractivity contribution in [2.24, 2.45) is 5.16 Å². The second kappa shape index (κ2) is 5.93. The minimum absolute atomic E-state index is 0.0358. The molecular formula is C19H21NO2. The van der Waals surface area contributed by atoms with Crippen LogP contribution in [0.2, 0.25) is 0 Å². The number of rotatable bonds is 3. The van der Waals surface area contributed by atoms with E-state index in [0.717, 1.165) is 16.8 Å². The topological polar surface area (TPSA) is 41.8 Å². The fraction of sp³-hybridized carbons (Fsp3) is 0.316. The van der Waals surface area contributed by atoms with Crippen LogP contribution in [0.3, 0.4) is 0 Å². The second-order valence-corrected chi connectivity index (χ2v) is 5.97. The standard InChI is InChI=1S/C19H21NO2/c1-12-9-13(2)17(14(3)10-12)19-18(16(11-21)22-20-19)15-7-5-4-6-8-15/h4-10,16,18,21H,11H2,1-3H3/t16-,18-/m0/s1. The van der Waals surface area contributed by atoms with E-state index in [1.165, 1.54) is 16.7 Å². The number of aliphatic hydroxyl groups is 1. The van der Waals surface area contributed by atoms with Gasteiger partial charge in [0.15, 0.2) is 6.10 Å². The summed E-state index contributed by atoms with van der Waals surface area (Å²) in [5.74, 6) is -0.0358. The van der Waals surface area contributed by atoms with Crippen LogP contribution in [0.15, 0.2) is 47.6 Å². The first-order chi connectivity index (χ1) is 10.6. The van der Waals surface area contributed by atoms with E-state index in [9.17, 15) is 5.11 Å². The zero-order valence-corrected chi connectivity index (χ0v) is 13.2. The number of aryl methyl sites for hydroxylation is 3. The van der Waals surface area contributed by atoms with Gasteiger partial charge in [-0.2, -0.15) is 0 Å². The third-order valence-corrected chi connectivity index (χ3v) is 4.22. The maximum absolute atomic E-state index is 9.65. The Morgan fingerprint density at radius 1 is 1.05 bits per heavy atom. The third-order valence-electron chi connectivity index (χ3n) is 4.22. The number of oxime groups is 1. The first kappa shape index (κ1) is 14.8. The molecule has 3 heteroatoms. The number of hydrogen-bond acceptors (Lipinski definition) is 3. The Morgan fingerprint density at radius 3 is 2.27 bits per heavy atom. The van der Waals surface area contributed by atoms with Crippen LogP contribution in [0.5, 0.6) is 0 Å². The van der Waals surface area contributed by atoms with Crippen molar-refractivity contribution < 1.29 is 9.94 Å². The van der Waals surface area contributed by atoms with Gasteiger partial charge < -0.3 is 9.94 Å². The summed E-state index contributed by atoms with van der Waals surface area (Å²) < 4.78 is 0. The lowest BCUT2D eigenvalue weighted by atomic mass is 9.83. The SMILES string of the molecule is Cc1cc(C)c(C2=NO[C@@H](CO)[C@@H]2c2ccccc2)c(C)c1. The van der Waals surface area contributed by atoms with E-state index in [-0.39, 0.29) is 18.6 Å². The van der Waals surface area contributed by atoms with Crippen LogP contribution in [-0.2, 0) is 4.84 Å². The lowest BCUT2D eigenvalue weighted by Gasteiger charge is -2.20. The van der Waals surface area contributed by atoms with Crippen molar-refractivity contribution in [3.63, 3.8) is 0 Å². The van der Waals surface area contributed by atoms with E-state index in [2.05, 4.69) is 50.2 Å². The van der Waals surface area contributed by atoms with Gasteiger partial charge in [-0.3, -0.25) is 0 Å². The Kier molecular flexibility index (Phi) is 3.99. The Balaban J connectivity index is 2.10. The van der Waals surface area contributed by atoms with Crippen LogP contribution in [0.25, 0.3) is 0 Å². The highest BCUT2D eigenvalue weighted by Crippen LogP contribution is 2.34. The summed E-state index contributed by atoms with van der Waals surface area (Å²) in [6.07, 6.45) is -0.322. The summed E-state index contributed by atoms with van der Waals surface area (Å²) in [7, 11) is 0.